The Morgan fingerprint density at radius 3 is 2.65 bits per heavy atom. The van der Waals surface area contributed by atoms with E-state index < -0.39 is 17.9 Å². The number of nitrogens with one attached hydrogen (secondary N) is 2. The fourth-order valence-electron chi connectivity index (χ4n) is 4.42. The summed E-state index contributed by atoms with van der Waals surface area (Å²) in [6.45, 7) is 0.730. The third-order valence-corrected chi connectivity index (χ3v) is 6.06. The summed E-state index contributed by atoms with van der Waals surface area (Å²) in [5.41, 5.74) is 2.31. The number of nitrogens with zero attached hydrogens (tertiary/aromatic N) is 2. The molecule has 2 aliphatic rings. The third-order valence-electron chi connectivity index (χ3n) is 6.06. The van der Waals surface area contributed by atoms with Crippen molar-refractivity contribution in [3.05, 3.63) is 71.7 Å². The minimum atomic E-state index is -0.718. The molecule has 0 aliphatic carbocycles. The van der Waals surface area contributed by atoms with Gasteiger partial charge in [-0.05, 0) is 35.9 Å². The minimum absolute atomic E-state index is 0.119. The first-order valence-corrected chi connectivity index (χ1v) is 10.2. The van der Waals surface area contributed by atoms with Crippen molar-refractivity contribution in [2.75, 3.05) is 19.6 Å². The zero-order valence-corrected chi connectivity index (χ0v) is 16.7. The number of aromatic amines is 1. The number of para-hydroxylation sites is 1. The Balaban J connectivity index is 1.30. The molecule has 8 heteroatoms. The van der Waals surface area contributed by atoms with Gasteiger partial charge in [-0.25, -0.2) is 4.39 Å². The molecule has 158 valence electrons. The van der Waals surface area contributed by atoms with Crippen LogP contribution in [0.5, 0.6) is 0 Å². The fourth-order valence-corrected chi connectivity index (χ4v) is 4.42. The smallest absolute Gasteiger partial charge is 0.254 e. The summed E-state index contributed by atoms with van der Waals surface area (Å²) in [4.78, 5) is 45.0. The van der Waals surface area contributed by atoms with Crippen LogP contribution in [0.25, 0.3) is 10.9 Å². The average molecular weight is 420 g/mol. The van der Waals surface area contributed by atoms with Crippen LogP contribution in [0.15, 0.2) is 54.7 Å². The second kappa shape index (κ2) is 7.54. The lowest BCUT2D eigenvalue weighted by molar-refractivity contribution is -0.152. The first kappa shape index (κ1) is 19.3. The lowest BCUT2D eigenvalue weighted by Crippen LogP contribution is -2.70. The molecule has 3 amide bonds. The van der Waals surface area contributed by atoms with Crippen molar-refractivity contribution in [1.29, 1.82) is 0 Å². The molecule has 1 aromatic heterocycles. The molecule has 0 radical (unpaired) electrons. The molecule has 2 atom stereocenters. The molecule has 0 bridgehead atoms. The number of H-pyrrole nitrogens is 1. The van der Waals surface area contributed by atoms with Crippen LogP contribution in [0.1, 0.15) is 15.9 Å². The summed E-state index contributed by atoms with van der Waals surface area (Å²) in [5, 5.41) is 3.87. The molecule has 5 rings (SSSR count). The van der Waals surface area contributed by atoms with Gasteiger partial charge in [0.1, 0.15) is 17.9 Å². The van der Waals surface area contributed by atoms with Gasteiger partial charge in [0.2, 0.25) is 11.8 Å². The molecule has 31 heavy (non-hydrogen) atoms. The van der Waals surface area contributed by atoms with Crippen LogP contribution >= 0.6 is 0 Å². The maximum atomic E-state index is 13.1. The van der Waals surface area contributed by atoms with Crippen molar-refractivity contribution in [2.24, 2.45) is 0 Å². The molecule has 0 unspecified atom stereocenters. The standard InChI is InChI=1S/C23H21FN4O3/c24-16-7-5-14(6-8-16)22(30)27-9-10-28-20(13-27)21(29)26-19(23(28)31)11-15-12-25-18-4-2-1-3-17(15)18/h1-8,12,19-20,25H,9-11,13H2,(H,26,29)/t19-,20+/m0/s1. The number of aromatic nitrogens is 1. The number of rotatable bonds is 3. The Morgan fingerprint density at radius 2 is 1.84 bits per heavy atom. The molecule has 7 nitrogen and oxygen atoms in total. The van der Waals surface area contributed by atoms with Crippen molar-refractivity contribution < 1.29 is 18.8 Å². The van der Waals surface area contributed by atoms with Crippen molar-refractivity contribution in [3.63, 3.8) is 0 Å². The maximum Gasteiger partial charge on any atom is 0.254 e. The van der Waals surface area contributed by atoms with Gasteiger partial charge in [0.15, 0.2) is 0 Å². The molecule has 2 fully saturated rings. The molecule has 3 aromatic rings. The number of amides is 3. The molecule has 2 aliphatic heterocycles. The third kappa shape index (κ3) is 3.43. The van der Waals surface area contributed by atoms with Gasteiger partial charge < -0.3 is 20.1 Å². The second-order valence-electron chi connectivity index (χ2n) is 7.93. The van der Waals surface area contributed by atoms with E-state index in [1.54, 1.807) is 9.80 Å². The highest BCUT2D eigenvalue weighted by Crippen LogP contribution is 2.23. The minimum Gasteiger partial charge on any atom is -0.361 e. The topological polar surface area (TPSA) is 85.5 Å². The Morgan fingerprint density at radius 1 is 1.06 bits per heavy atom. The van der Waals surface area contributed by atoms with Crippen LogP contribution in [0.2, 0.25) is 0 Å². The predicted molar refractivity (Wildman–Crippen MR) is 112 cm³/mol. The van der Waals surface area contributed by atoms with E-state index in [1.807, 2.05) is 30.5 Å². The quantitative estimate of drug-likeness (QED) is 0.676. The first-order chi connectivity index (χ1) is 15.0. The van der Waals surface area contributed by atoms with Crippen LogP contribution in [0, 0.1) is 5.82 Å². The summed E-state index contributed by atoms with van der Waals surface area (Å²) in [6.07, 6.45) is 2.27. The number of benzene rings is 2. The van der Waals surface area contributed by atoms with E-state index in [0.717, 1.165) is 16.5 Å². The fraction of sp³-hybridized carbons (Fsp3) is 0.261. The Hall–Kier alpha value is -3.68. The van der Waals surface area contributed by atoms with Gasteiger partial charge in [0.25, 0.3) is 5.91 Å². The lowest BCUT2D eigenvalue weighted by Gasteiger charge is -2.45. The second-order valence-corrected chi connectivity index (χ2v) is 7.93. The summed E-state index contributed by atoms with van der Waals surface area (Å²) in [7, 11) is 0. The number of halogens is 1. The van der Waals surface area contributed by atoms with Crippen LogP contribution < -0.4 is 5.32 Å². The zero-order valence-electron chi connectivity index (χ0n) is 16.7. The predicted octanol–water partition coefficient (Wildman–Crippen LogP) is 1.70. The number of hydrogen-bond acceptors (Lipinski definition) is 3. The summed E-state index contributed by atoms with van der Waals surface area (Å²) in [5.74, 6) is -1.09. The average Bonchev–Trinajstić information content (AvgIpc) is 3.20. The van der Waals surface area contributed by atoms with Gasteiger partial charge in [-0.1, -0.05) is 18.2 Å². The van der Waals surface area contributed by atoms with Gasteiger partial charge in [-0.2, -0.15) is 0 Å². The number of piperazine rings is 2. The van der Waals surface area contributed by atoms with Crippen LogP contribution in [0.3, 0.4) is 0 Å². The number of carbonyl (C=O) groups is 3. The van der Waals surface area contributed by atoms with Gasteiger partial charge >= 0.3 is 0 Å². The van der Waals surface area contributed by atoms with Gasteiger partial charge in [0, 0.05) is 42.2 Å². The maximum absolute atomic E-state index is 13.1. The zero-order chi connectivity index (χ0) is 21.5. The van der Waals surface area contributed by atoms with Crippen molar-refractivity contribution >= 4 is 28.6 Å². The highest BCUT2D eigenvalue weighted by molar-refractivity contribution is 5.99. The number of fused-ring (bicyclic) bond motifs is 2. The van der Waals surface area contributed by atoms with E-state index in [0.29, 0.717) is 18.5 Å². The lowest BCUT2D eigenvalue weighted by atomic mass is 9.98. The van der Waals surface area contributed by atoms with Gasteiger partial charge in [0.05, 0.1) is 6.54 Å². The molecule has 0 saturated carbocycles. The Kier molecular flexibility index (Phi) is 4.69. The summed E-state index contributed by atoms with van der Waals surface area (Å²) in [6, 6.07) is 11.8. The highest BCUT2D eigenvalue weighted by Gasteiger charge is 2.44. The van der Waals surface area contributed by atoms with Crippen LogP contribution in [-0.4, -0.2) is 64.2 Å². The van der Waals surface area contributed by atoms with E-state index in [2.05, 4.69) is 10.3 Å². The van der Waals surface area contributed by atoms with E-state index in [-0.39, 0.29) is 30.8 Å². The summed E-state index contributed by atoms with van der Waals surface area (Å²) < 4.78 is 13.1. The largest absolute Gasteiger partial charge is 0.361 e. The van der Waals surface area contributed by atoms with E-state index in [9.17, 15) is 18.8 Å². The van der Waals surface area contributed by atoms with Crippen LogP contribution in [0.4, 0.5) is 4.39 Å². The van der Waals surface area contributed by atoms with Crippen molar-refractivity contribution in [2.45, 2.75) is 18.5 Å². The molecule has 2 aromatic carbocycles. The molecule has 3 heterocycles. The van der Waals surface area contributed by atoms with Gasteiger partial charge in [-0.3, -0.25) is 14.4 Å². The normalized spacial score (nSPS) is 21.2. The number of hydrogen-bond donors (Lipinski definition) is 2. The molecular formula is C23H21FN4O3. The molecular weight excluding hydrogens is 399 g/mol. The molecule has 2 saturated heterocycles. The first-order valence-electron chi connectivity index (χ1n) is 10.2. The van der Waals surface area contributed by atoms with E-state index in [4.69, 9.17) is 0 Å². The Labute approximate surface area is 177 Å². The molecule has 2 N–H and O–H groups in total. The van der Waals surface area contributed by atoms with Crippen LogP contribution in [-0.2, 0) is 16.0 Å². The molecule has 0 spiro atoms. The van der Waals surface area contributed by atoms with Crippen molar-refractivity contribution in [1.82, 2.24) is 20.1 Å². The van der Waals surface area contributed by atoms with Gasteiger partial charge in [-0.15, -0.1) is 0 Å². The summed E-state index contributed by atoms with van der Waals surface area (Å²) >= 11 is 0. The van der Waals surface area contributed by atoms with E-state index in [1.165, 1.54) is 24.3 Å². The SMILES string of the molecule is O=C1N[C@@H](Cc2c[nH]c3ccccc23)C(=O)N2CCN(C(=O)c3ccc(F)cc3)C[C@H]12. The number of carbonyl (C=O) groups excluding carboxylic acids is 3. The monoisotopic (exact) mass is 420 g/mol. The Bertz CT molecular complexity index is 1170. The highest BCUT2D eigenvalue weighted by atomic mass is 19.1. The van der Waals surface area contributed by atoms with E-state index >= 15 is 0 Å². The van der Waals surface area contributed by atoms with Crippen molar-refractivity contribution in [3.8, 4) is 0 Å².